The van der Waals surface area contributed by atoms with Crippen LogP contribution in [0.5, 0.6) is 0 Å². The molecule has 23 heavy (non-hydrogen) atoms. The van der Waals surface area contributed by atoms with Gasteiger partial charge >= 0.3 is 6.09 Å². The van der Waals surface area contributed by atoms with Crippen molar-refractivity contribution in [2.75, 3.05) is 30.3 Å². The summed E-state index contributed by atoms with van der Waals surface area (Å²) < 4.78 is 5.40. The highest BCUT2D eigenvalue weighted by Crippen LogP contribution is 2.21. The highest BCUT2D eigenvalue weighted by atomic mass is 16.6. The van der Waals surface area contributed by atoms with E-state index in [4.69, 9.17) is 10.5 Å². The molecule has 0 aromatic carbocycles. The average Bonchev–Trinajstić information content (AvgIpc) is 2.59. The van der Waals surface area contributed by atoms with E-state index >= 15 is 0 Å². The van der Waals surface area contributed by atoms with Gasteiger partial charge in [-0.25, -0.2) is 9.78 Å². The maximum atomic E-state index is 12.6. The number of ether oxygens (including phenoxy) is 1. The van der Waals surface area contributed by atoms with Gasteiger partial charge in [0, 0.05) is 19.6 Å². The normalized spacial score (nSPS) is 19.5. The summed E-state index contributed by atoms with van der Waals surface area (Å²) >= 11 is 0. The van der Waals surface area contributed by atoms with Crippen molar-refractivity contribution in [2.45, 2.75) is 33.3 Å². The number of pyridine rings is 1. The van der Waals surface area contributed by atoms with E-state index in [2.05, 4.69) is 4.98 Å². The van der Waals surface area contributed by atoms with Gasteiger partial charge in [0.2, 0.25) is 5.91 Å². The number of hydrogen-bond acceptors (Lipinski definition) is 5. The minimum Gasteiger partial charge on any atom is -0.444 e. The molecule has 2 amide bonds. The molecule has 1 fully saturated rings. The molecule has 7 heteroatoms. The molecule has 1 aliphatic rings. The van der Waals surface area contributed by atoms with Gasteiger partial charge in [-0.1, -0.05) is 6.92 Å². The Morgan fingerprint density at radius 2 is 2.04 bits per heavy atom. The Balaban J connectivity index is 2.14. The summed E-state index contributed by atoms with van der Waals surface area (Å²) in [5.74, 6) is 0.0460. The van der Waals surface area contributed by atoms with Crippen molar-refractivity contribution in [2.24, 2.45) is 5.92 Å². The molecule has 2 rings (SSSR count). The van der Waals surface area contributed by atoms with Crippen molar-refractivity contribution in [1.29, 1.82) is 0 Å². The highest BCUT2D eigenvalue weighted by molar-refractivity contribution is 5.95. The van der Waals surface area contributed by atoms with Crippen LogP contribution in [0.25, 0.3) is 0 Å². The minimum absolute atomic E-state index is 0.0392. The lowest BCUT2D eigenvalue weighted by molar-refractivity contribution is -0.121. The quantitative estimate of drug-likeness (QED) is 0.853. The lowest BCUT2D eigenvalue weighted by atomic mass is 10.1. The Kier molecular flexibility index (Phi) is 4.77. The summed E-state index contributed by atoms with van der Waals surface area (Å²) in [6.07, 6.45) is 1.18. The Morgan fingerprint density at radius 1 is 1.35 bits per heavy atom. The molecule has 2 N–H and O–H groups in total. The van der Waals surface area contributed by atoms with E-state index in [-0.39, 0.29) is 11.8 Å². The van der Waals surface area contributed by atoms with Crippen molar-refractivity contribution in [3.63, 3.8) is 0 Å². The summed E-state index contributed by atoms with van der Waals surface area (Å²) in [6, 6.07) is 3.42. The van der Waals surface area contributed by atoms with Gasteiger partial charge in [-0.3, -0.25) is 4.79 Å². The van der Waals surface area contributed by atoms with Crippen molar-refractivity contribution < 1.29 is 14.3 Å². The minimum atomic E-state index is -0.558. The standard InChI is InChI=1S/C16H24N4O3/c1-11-10-19(15(22)23-16(2,3)4)7-8-20(14(11)21)12-5-6-13(17)18-9-12/h5-6,9,11H,7-8,10H2,1-4H3,(H2,17,18). The summed E-state index contributed by atoms with van der Waals surface area (Å²) in [5, 5.41) is 0. The van der Waals surface area contributed by atoms with E-state index in [1.165, 1.54) is 0 Å². The molecule has 126 valence electrons. The summed E-state index contributed by atoms with van der Waals surface area (Å²) in [6.45, 7) is 8.43. The van der Waals surface area contributed by atoms with E-state index in [0.717, 1.165) is 0 Å². The van der Waals surface area contributed by atoms with Crippen molar-refractivity contribution in [1.82, 2.24) is 9.88 Å². The van der Waals surface area contributed by atoms with Gasteiger partial charge in [-0.05, 0) is 32.9 Å². The number of hydrogen-bond donors (Lipinski definition) is 1. The third-order valence-electron chi connectivity index (χ3n) is 3.51. The molecule has 2 heterocycles. The third kappa shape index (κ3) is 4.34. The second kappa shape index (κ2) is 6.44. The monoisotopic (exact) mass is 320 g/mol. The zero-order valence-electron chi connectivity index (χ0n) is 14.1. The molecule has 0 aliphatic carbocycles. The Bertz CT molecular complexity index is 580. The molecule has 0 bridgehead atoms. The van der Waals surface area contributed by atoms with Crippen LogP contribution < -0.4 is 10.6 Å². The summed E-state index contributed by atoms with van der Waals surface area (Å²) in [7, 11) is 0. The first-order valence-electron chi connectivity index (χ1n) is 7.68. The number of carbonyl (C=O) groups is 2. The zero-order valence-corrected chi connectivity index (χ0v) is 14.1. The third-order valence-corrected chi connectivity index (χ3v) is 3.51. The Labute approximate surface area is 136 Å². The van der Waals surface area contributed by atoms with E-state index < -0.39 is 11.7 Å². The number of rotatable bonds is 1. The second-order valence-electron chi connectivity index (χ2n) is 6.76. The fourth-order valence-electron chi connectivity index (χ4n) is 2.40. The molecule has 0 radical (unpaired) electrons. The van der Waals surface area contributed by atoms with Crippen molar-refractivity contribution >= 4 is 23.5 Å². The fraction of sp³-hybridized carbons (Fsp3) is 0.562. The highest BCUT2D eigenvalue weighted by Gasteiger charge is 2.32. The molecule has 7 nitrogen and oxygen atoms in total. The van der Waals surface area contributed by atoms with Crippen LogP contribution in [0.2, 0.25) is 0 Å². The van der Waals surface area contributed by atoms with Gasteiger partial charge in [0.15, 0.2) is 0 Å². The molecule has 1 aromatic heterocycles. The summed E-state index contributed by atoms with van der Waals surface area (Å²) in [4.78, 5) is 32.1. The first-order valence-corrected chi connectivity index (χ1v) is 7.68. The number of nitrogen functional groups attached to an aromatic ring is 1. The second-order valence-corrected chi connectivity index (χ2v) is 6.76. The van der Waals surface area contributed by atoms with Crippen LogP contribution in [0.4, 0.5) is 16.3 Å². The van der Waals surface area contributed by atoms with Crippen LogP contribution in [0, 0.1) is 5.92 Å². The number of anilines is 2. The molecule has 0 spiro atoms. The summed E-state index contributed by atoms with van der Waals surface area (Å²) in [5.41, 5.74) is 5.71. The van der Waals surface area contributed by atoms with Crippen molar-refractivity contribution in [3.8, 4) is 0 Å². The maximum Gasteiger partial charge on any atom is 0.410 e. The molecule has 1 aliphatic heterocycles. The van der Waals surface area contributed by atoms with E-state index in [0.29, 0.717) is 31.1 Å². The van der Waals surface area contributed by atoms with Gasteiger partial charge in [0.25, 0.3) is 0 Å². The molecule has 0 saturated carbocycles. The van der Waals surface area contributed by atoms with Gasteiger partial charge in [0.05, 0.1) is 17.8 Å². The van der Waals surface area contributed by atoms with Crippen LogP contribution in [0.15, 0.2) is 18.3 Å². The smallest absolute Gasteiger partial charge is 0.410 e. The van der Waals surface area contributed by atoms with Gasteiger partial charge < -0.3 is 20.3 Å². The maximum absolute atomic E-state index is 12.6. The van der Waals surface area contributed by atoms with E-state index in [9.17, 15) is 9.59 Å². The predicted octanol–water partition coefficient (Wildman–Crippen LogP) is 1.88. The number of nitrogens with two attached hydrogens (primary N) is 1. The lowest BCUT2D eigenvalue weighted by Gasteiger charge is -2.26. The molecular weight excluding hydrogens is 296 g/mol. The van der Waals surface area contributed by atoms with Gasteiger partial charge in [-0.15, -0.1) is 0 Å². The molecule has 1 unspecified atom stereocenters. The topological polar surface area (TPSA) is 88.8 Å². The predicted molar refractivity (Wildman–Crippen MR) is 88.0 cm³/mol. The number of nitrogens with zero attached hydrogens (tertiary/aromatic N) is 3. The molecule has 1 saturated heterocycles. The van der Waals surface area contributed by atoms with Crippen LogP contribution >= 0.6 is 0 Å². The Morgan fingerprint density at radius 3 is 2.61 bits per heavy atom. The van der Waals surface area contributed by atoms with Gasteiger partial charge in [-0.2, -0.15) is 0 Å². The Hall–Kier alpha value is -2.31. The average molecular weight is 320 g/mol. The molecular formula is C16H24N4O3. The number of amides is 2. The largest absolute Gasteiger partial charge is 0.444 e. The van der Waals surface area contributed by atoms with E-state index in [1.807, 2.05) is 27.7 Å². The first-order chi connectivity index (χ1) is 10.7. The molecule has 1 atom stereocenters. The lowest BCUT2D eigenvalue weighted by Crippen LogP contribution is -2.39. The van der Waals surface area contributed by atoms with Crippen molar-refractivity contribution in [3.05, 3.63) is 18.3 Å². The van der Waals surface area contributed by atoms with Crippen LogP contribution in [-0.2, 0) is 9.53 Å². The van der Waals surface area contributed by atoms with Gasteiger partial charge in [0.1, 0.15) is 11.4 Å². The SMILES string of the molecule is CC1CN(C(=O)OC(C)(C)C)CCN(c2ccc(N)nc2)C1=O. The van der Waals surface area contributed by atoms with Crippen LogP contribution in [0.1, 0.15) is 27.7 Å². The zero-order chi connectivity index (χ0) is 17.2. The first kappa shape index (κ1) is 17.1. The fourth-order valence-corrected chi connectivity index (χ4v) is 2.40. The molecule has 1 aromatic rings. The van der Waals surface area contributed by atoms with E-state index in [1.54, 1.807) is 28.1 Å². The number of carbonyl (C=O) groups excluding carboxylic acids is 2. The van der Waals surface area contributed by atoms with Crippen LogP contribution in [-0.4, -0.2) is 47.1 Å². The number of aromatic nitrogens is 1. The van der Waals surface area contributed by atoms with Crippen LogP contribution in [0.3, 0.4) is 0 Å².